The van der Waals surface area contributed by atoms with Crippen molar-refractivity contribution >= 4 is 17.6 Å². The third kappa shape index (κ3) is 3.58. The minimum absolute atomic E-state index is 0.115. The first-order valence-electron chi connectivity index (χ1n) is 7.30. The molecule has 0 unspecified atom stereocenters. The van der Waals surface area contributed by atoms with Gasteiger partial charge in [0.15, 0.2) is 11.4 Å². The second-order valence-electron chi connectivity index (χ2n) is 5.32. The number of pyridine rings is 1. The lowest BCUT2D eigenvalue weighted by Crippen LogP contribution is -2.20. The van der Waals surface area contributed by atoms with Crippen molar-refractivity contribution < 1.29 is 9.90 Å². The summed E-state index contributed by atoms with van der Waals surface area (Å²) in [4.78, 5) is 16.1. The van der Waals surface area contributed by atoms with E-state index in [1.54, 1.807) is 35.0 Å². The van der Waals surface area contributed by atoms with E-state index in [2.05, 4.69) is 10.3 Å². The summed E-state index contributed by atoms with van der Waals surface area (Å²) >= 11 is 0. The van der Waals surface area contributed by atoms with Crippen LogP contribution < -0.4 is 5.32 Å². The summed E-state index contributed by atoms with van der Waals surface area (Å²) in [7, 11) is 0. The fraction of sp³-hybridized carbons (Fsp3) is 0.111. The largest absolute Gasteiger partial charge is 0.504 e. The predicted molar refractivity (Wildman–Crippen MR) is 88.9 cm³/mol. The number of nitrogens with zero attached hydrogens (tertiary/aromatic N) is 2. The number of aromatic nitrogens is 2. The van der Waals surface area contributed by atoms with E-state index in [1.807, 2.05) is 31.2 Å². The van der Waals surface area contributed by atoms with Crippen molar-refractivity contribution in [2.75, 3.05) is 0 Å². The molecule has 3 aromatic rings. The molecule has 0 atom stereocenters. The van der Waals surface area contributed by atoms with Crippen molar-refractivity contribution in [3.63, 3.8) is 0 Å². The van der Waals surface area contributed by atoms with Gasteiger partial charge < -0.3 is 14.8 Å². The number of aryl methyl sites for hydroxylation is 1. The van der Waals surface area contributed by atoms with Gasteiger partial charge in [-0.1, -0.05) is 29.8 Å². The van der Waals surface area contributed by atoms with Crippen LogP contribution in [0, 0.1) is 6.92 Å². The van der Waals surface area contributed by atoms with Crippen LogP contribution in [0.25, 0.3) is 11.7 Å². The highest BCUT2D eigenvalue weighted by Gasteiger charge is 2.05. The van der Waals surface area contributed by atoms with Gasteiger partial charge in [-0.15, -0.1) is 0 Å². The van der Waals surface area contributed by atoms with Gasteiger partial charge in [0.2, 0.25) is 5.91 Å². The lowest BCUT2D eigenvalue weighted by Gasteiger charge is -1.98. The van der Waals surface area contributed by atoms with Gasteiger partial charge in [-0.3, -0.25) is 4.79 Å². The zero-order valence-electron chi connectivity index (χ0n) is 12.7. The van der Waals surface area contributed by atoms with Gasteiger partial charge in [-0.05, 0) is 30.7 Å². The van der Waals surface area contributed by atoms with Crippen LogP contribution in [-0.2, 0) is 11.3 Å². The van der Waals surface area contributed by atoms with Gasteiger partial charge in [0.1, 0.15) is 0 Å². The minimum atomic E-state index is -0.188. The number of hydrogen-bond donors (Lipinski definition) is 2. The smallest absolute Gasteiger partial charge is 0.244 e. The summed E-state index contributed by atoms with van der Waals surface area (Å²) in [6.07, 6.45) is 6.84. The highest BCUT2D eigenvalue weighted by Crippen LogP contribution is 2.16. The fourth-order valence-corrected chi connectivity index (χ4v) is 2.22. The van der Waals surface area contributed by atoms with E-state index in [0.29, 0.717) is 17.9 Å². The average Bonchev–Trinajstić information content (AvgIpc) is 2.97. The SMILES string of the molecule is Cc1ccc(/C=C/C(=O)NCc2cn3cccc(O)c3n2)cc1. The Labute approximate surface area is 133 Å². The maximum absolute atomic E-state index is 11.9. The van der Waals surface area contributed by atoms with Crippen molar-refractivity contribution in [1.82, 2.24) is 14.7 Å². The molecule has 0 aliphatic rings. The van der Waals surface area contributed by atoms with E-state index in [-0.39, 0.29) is 11.7 Å². The van der Waals surface area contributed by atoms with Crippen LogP contribution in [-0.4, -0.2) is 20.4 Å². The molecule has 2 aromatic heterocycles. The van der Waals surface area contributed by atoms with Crippen LogP contribution in [0.4, 0.5) is 0 Å². The Morgan fingerprint density at radius 3 is 2.83 bits per heavy atom. The number of benzene rings is 1. The number of amides is 1. The molecule has 116 valence electrons. The van der Waals surface area contributed by atoms with Crippen LogP contribution in [0.5, 0.6) is 5.75 Å². The van der Waals surface area contributed by atoms with Crippen LogP contribution in [0.2, 0.25) is 0 Å². The molecule has 0 radical (unpaired) electrons. The molecule has 0 fully saturated rings. The average molecular weight is 307 g/mol. The third-order valence-corrected chi connectivity index (χ3v) is 3.46. The number of rotatable bonds is 4. The van der Waals surface area contributed by atoms with E-state index >= 15 is 0 Å². The number of carbonyl (C=O) groups is 1. The maximum atomic E-state index is 11.9. The molecule has 2 heterocycles. The molecule has 5 heteroatoms. The number of fused-ring (bicyclic) bond motifs is 1. The molecule has 1 amide bonds. The van der Waals surface area contributed by atoms with E-state index in [0.717, 1.165) is 5.56 Å². The Balaban J connectivity index is 1.61. The lowest BCUT2D eigenvalue weighted by atomic mass is 10.1. The van der Waals surface area contributed by atoms with Crippen LogP contribution in [0.1, 0.15) is 16.8 Å². The molecule has 1 aromatic carbocycles. The number of carbonyl (C=O) groups excluding carboxylic acids is 1. The summed E-state index contributed by atoms with van der Waals surface area (Å²) < 4.78 is 1.72. The quantitative estimate of drug-likeness (QED) is 0.728. The summed E-state index contributed by atoms with van der Waals surface area (Å²) in [6.45, 7) is 2.32. The van der Waals surface area contributed by atoms with Gasteiger partial charge in [0.05, 0.1) is 12.2 Å². The van der Waals surface area contributed by atoms with Crippen molar-refractivity contribution in [2.24, 2.45) is 0 Å². The zero-order valence-corrected chi connectivity index (χ0v) is 12.7. The first-order chi connectivity index (χ1) is 11.1. The van der Waals surface area contributed by atoms with Crippen molar-refractivity contribution in [2.45, 2.75) is 13.5 Å². The standard InChI is InChI=1S/C18H17N3O2/c1-13-4-6-14(7-5-13)8-9-17(23)19-11-15-12-21-10-2-3-16(22)18(21)20-15/h2-10,12,22H,11H2,1H3,(H,19,23)/b9-8+. The molecule has 0 aliphatic carbocycles. The second kappa shape index (κ2) is 6.36. The zero-order chi connectivity index (χ0) is 16.2. The third-order valence-electron chi connectivity index (χ3n) is 3.46. The first kappa shape index (κ1) is 14.8. The second-order valence-corrected chi connectivity index (χ2v) is 5.32. The molecule has 3 rings (SSSR count). The predicted octanol–water partition coefficient (Wildman–Crippen LogP) is 2.68. The Hall–Kier alpha value is -3.08. The summed E-state index contributed by atoms with van der Waals surface area (Å²) in [5.41, 5.74) is 3.32. The van der Waals surface area contributed by atoms with E-state index in [9.17, 15) is 9.90 Å². The Bertz CT molecular complexity index is 864. The molecule has 0 saturated carbocycles. The van der Waals surface area contributed by atoms with Crippen LogP contribution >= 0.6 is 0 Å². The Morgan fingerprint density at radius 1 is 1.30 bits per heavy atom. The summed E-state index contributed by atoms with van der Waals surface area (Å²) in [5.74, 6) is -0.0730. The van der Waals surface area contributed by atoms with E-state index in [4.69, 9.17) is 0 Å². The van der Waals surface area contributed by atoms with E-state index < -0.39 is 0 Å². The van der Waals surface area contributed by atoms with Crippen molar-refractivity contribution in [3.8, 4) is 5.75 Å². The topological polar surface area (TPSA) is 66.6 Å². The fourth-order valence-electron chi connectivity index (χ4n) is 2.22. The first-order valence-corrected chi connectivity index (χ1v) is 7.30. The van der Waals surface area contributed by atoms with Crippen LogP contribution in [0.3, 0.4) is 0 Å². The van der Waals surface area contributed by atoms with Gasteiger partial charge in [0, 0.05) is 18.5 Å². The molecule has 5 nitrogen and oxygen atoms in total. The van der Waals surface area contributed by atoms with Crippen molar-refractivity contribution in [3.05, 3.63) is 71.7 Å². The van der Waals surface area contributed by atoms with E-state index in [1.165, 1.54) is 11.6 Å². The Kier molecular flexibility index (Phi) is 4.10. The van der Waals surface area contributed by atoms with Crippen molar-refractivity contribution in [1.29, 1.82) is 0 Å². The highest BCUT2D eigenvalue weighted by atomic mass is 16.3. The van der Waals surface area contributed by atoms with Gasteiger partial charge >= 0.3 is 0 Å². The summed E-state index contributed by atoms with van der Waals surface area (Å²) in [5, 5.41) is 12.5. The number of hydrogen-bond acceptors (Lipinski definition) is 3. The molecule has 23 heavy (non-hydrogen) atoms. The molecule has 0 spiro atoms. The Morgan fingerprint density at radius 2 is 2.09 bits per heavy atom. The monoisotopic (exact) mass is 307 g/mol. The van der Waals surface area contributed by atoms with Gasteiger partial charge in [-0.25, -0.2) is 4.98 Å². The number of nitrogens with one attached hydrogen (secondary N) is 1. The molecular formula is C18H17N3O2. The summed E-state index contributed by atoms with van der Waals surface area (Å²) in [6, 6.07) is 11.2. The van der Waals surface area contributed by atoms with Gasteiger partial charge in [0.25, 0.3) is 0 Å². The van der Waals surface area contributed by atoms with Crippen LogP contribution in [0.15, 0.2) is 54.9 Å². The lowest BCUT2D eigenvalue weighted by molar-refractivity contribution is -0.116. The number of imidazole rings is 1. The van der Waals surface area contributed by atoms with Gasteiger partial charge in [-0.2, -0.15) is 0 Å². The maximum Gasteiger partial charge on any atom is 0.244 e. The molecule has 0 bridgehead atoms. The molecule has 2 N–H and O–H groups in total. The normalized spacial score (nSPS) is 11.2. The highest BCUT2D eigenvalue weighted by molar-refractivity contribution is 5.91. The molecular weight excluding hydrogens is 290 g/mol. The number of aromatic hydroxyl groups is 1. The molecule has 0 saturated heterocycles. The molecule has 0 aliphatic heterocycles. The minimum Gasteiger partial charge on any atom is -0.504 e.